The van der Waals surface area contributed by atoms with Gasteiger partial charge in [0.1, 0.15) is 5.82 Å². The summed E-state index contributed by atoms with van der Waals surface area (Å²) in [6, 6.07) is 11.1. The van der Waals surface area contributed by atoms with E-state index in [2.05, 4.69) is 12.1 Å². The molecule has 0 bridgehead atoms. The van der Waals surface area contributed by atoms with Gasteiger partial charge in [-0.05, 0) is 41.3 Å². The first kappa shape index (κ1) is 9.79. The summed E-state index contributed by atoms with van der Waals surface area (Å²) in [5.41, 5.74) is 7.32. The molecule has 0 spiro atoms. The van der Waals surface area contributed by atoms with E-state index >= 15 is 0 Å². The van der Waals surface area contributed by atoms with Crippen LogP contribution in [0.2, 0.25) is 0 Å². The van der Waals surface area contributed by atoms with E-state index in [0.29, 0.717) is 6.54 Å². The summed E-state index contributed by atoms with van der Waals surface area (Å²) in [7, 11) is 0. The molecule has 0 atom stereocenters. The van der Waals surface area contributed by atoms with Crippen LogP contribution in [0.15, 0.2) is 36.4 Å². The van der Waals surface area contributed by atoms with Gasteiger partial charge in [-0.2, -0.15) is 0 Å². The van der Waals surface area contributed by atoms with Gasteiger partial charge >= 0.3 is 0 Å². The fraction of sp³-hybridized carbons (Fsp3) is 0.286. The predicted molar refractivity (Wildman–Crippen MR) is 63.9 cm³/mol. The van der Waals surface area contributed by atoms with Gasteiger partial charge < -0.3 is 5.73 Å². The van der Waals surface area contributed by atoms with Gasteiger partial charge in [-0.15, -0.1) is 0 Å². The second kappa shape index (κ2) is 3.29. The van der Waals surface area contributed by atoms with Crippen LogP contribution in [0.5, 0.6) is 0 Å². The number of rotatable bonds is 2. The molecule has 2 aromatic carbocycles. The van der Waals surface area contributed by atoms with E-state index in [9.17, 15) is 4.39 Å². The zero-order valence-corrected chi connectivity index (χ0v) is 9.04. The highest BCUT2D eigenvalue weighted by Gasteiger charge is 2.42. The van der Waals surface area contributed by atoms with Gasteiger partial charge in [-0.3, -0.25) is 0 Å². The average molecular weight is 215 g/mol. The third kappa shape index (κ3) is 1.41. The van der Waals surface area contributed by atoms with Crippen molar-refractivity contribution < 1.29 is 4.39 Å². The van der Waals surface area contributed by atoms with E-state index in [-0.39, 0.29) is 11.2 Å². The second-order valence-corrected chi connectivity index (χ2v) is 4.69. The molecule has 1 saturated carbocycles. The van der Waals surface area contributed by atoms with E-state index < -0.39 is 0 Å². The molecule has 0 heterocycles. The Labute approximate surface area is 94.1 Å². The van der Waals surface area contributed by atoms with Crippen molar-refractivity contribution in [3.63, 3.8) is 0 Å². The number of hydrogen-bond donors (Lipinski definition) is 1. The minimum atomic E-state index is -0.180. The predicted octanol–water partition coefficient (Wildman–Crippen LogP) is 2.97. The topological polar surface area (TPSA) is 26.0 Å². The average Bonchev–Trinajstić information content (AvgIpc) is 3.09. The largest absolute Gasteiger partial charge is 0.330 e. The lowest BCUT2D eigenvalue weighted by Gasteiger charge is -2.13. The Hall–Kier alpha value is -1.41. The van der Waals surface area contributed by atoms with E-state index in [1.807, 2.05) is 12.1 Å². The van der Waals surface area contributed by atoms with Gasteiger partial charge in [0, 0.05) is 12.0 Å². The van der Waals surface area contributed by atoms with Crippen LogP contribution in [0.3, 0.4) is 0 Å². The zero-order chi connectivity index (χ0) is 11.2. The highest BCUT2D eigenvalue weighted by molar-refractivity contribution is 5.83. The van der Waals surface area contributed by atoms with E-state index in [4.69, 9.17) is 5.73 Å². The van der Waals surface area contributed by atoms with Gasteiger partial charge in [0.05, 0.1) is 0 Å². The van der Waals surface area contributed by atoms with Crippen molar-refractivity contribution in [2.45, 2.75) is 18.3 Å². The minimum absolute atomic E-state index is 0.180. The van der Waals surface area contributed by atoms with Crippen molar-refractivity contribution in [3.8, 4) is 0 Å². The summed E-state index contributed by atoms with van der Waals surface area (Å²) < 4.78 is 13.0. The molecule has 0 aromatic heterocycles. The number of fused-ring (bicyclic) bond motifs is 1. The maximum atomic E-state index is 13.0. The van der Waals surface area contributed by atoms with Crippen LogP contribution in [0.25, 0.3) is 10.8 Å². The molecule has 16 heavy (non-hydrogen) atoms. The van der Waals surface area contributed by atoms with Crippen LogP contribution >= 0.6 is 0 Å². The number of halogens is 1. The second-order valence-electron chi connectivity index (χ2n) is 4.69. The highest BCUT2D eigenvalue weighted by Crippen LogP contribution is 2.47. The van der Waals surface area contributed by atoms with Crippen LogP contribution in [0.4, 0.5) is 4.39 Å². The minimum Gasteiger partial charge on any atom is -0.330 e. The smallest absolute Gasteiger partial charge is 0.123 e. The number of hydrogen-bond acceptors (Lipinski definition) is 1. The Bertz CT molecular complexity index is 543. The third-order valence-electron chi connectivity index (χ3n) is 3.66. The van der Waals surface area contributed by atoms with Crippen molar-refractivity contribution in [3.05, 3.63) is 47.8 Å². The zero-order valence-electron chi connectivity index (χ0n) is 9.04. The SMILES string of the molecule is NCC1(c2ccc3cc(F)ccc3c2)CC1. The molecule has 2 N–H and O–H groups in total. The molecule has 1 aliphatic rings. The summed E-state index contributed by atoms with van der Waals surface area (Å²) in [5.74, 6) is -0.180. The first-order valence-corrected chi connectivity index (χ1v) is 5.63. The highest BCUT2D eigenvalue weighted by atomic mass is 19.1. The summed E-state index contributed by atoms with van der Waals surface area (Å²) in [5, 5.41) is 2.05. The lowest BCUT2D eigenvalue weighted by atomic mass is 9.94. The summed E-state index contributed by atoms with van der Waals surface area (Å²) in [6.45, 7) is 0.708. The van der Waals surface area contributed by atoms with Gasteiger partial charge in [0.2, 0.25) is 0 Å². The molecule has 1 aliphatic carbocycles. The Kier molecular flexibility index (Phi) is 2.01. The van der Waals surface area contributed by atoms with E-state index in [1.165, 1.54) is 24.5 Å². The molecular formula is C14H14FN. The normalized spacial score (nSPS) is 17.6. The molecule has 0 amide bonds. The van der Waals surface area contributed by atoms with Crippen LogP contribution in [0, 0.1) is 5.82 Å². The quantitative estimate of drug-likeness (QED) is 0.818. The van der Waals surface area contributed by atoms with Crippen molar-refractivity contribution in [2.75, 3.05) is 6.54 Å². The first-order chi connectivity index (χ1) is 7.73. The molecular weight excluding hydrogens is 201 g/mol. The molecule has 2 aromatic rings. The monoisotopic (exact) mass is 215 g/mol. The van der Waals surface area contributed by atoms with Gasteiger partial charge in [0.15, 0.2) is 0 Å². The van der Waals surface area contributed by atoms with Gasteiger partial charge in [-0.25, -0.2) is 4.39 Å². The van der Waals surface area contributed by atoms with E-state index in [1.54, 1.807) is 6.07 Å². The van der Waals surface area contributed by atoms with Crippen LogP contribution in [-0.2, 0) is 5.41 Å². The maximum Gasteiger partial charge on any atom is 0.123 e. The van der Waals surface area contributed by atoms with Gasteiger partial charge in [0.25, 0.3) is 0 Å². The third-order valence-corrected chi connectivity index (χ3v) is 3.66. The Balaban J connectivity index is 2.13. The van der Waals surface area contributed by atoms with Crippen LogP contribution in [-0.4, -0.2) is 6.54 Å². The maximum absolute atomic E-state index is 13.0. The van der Waals surface area contributed by atoms with Crippen LogP contribution in [0.1, 0.15) is 18.4 Å². The summed E-state index contributed by atoms with van der Waals surface area (Å²) >= 11 is 0. The van der Waals surface area contributed by atoms with Crippen LogP contribution < -0.4 is 5.73 Å². The molecule has 0 radical (unpaired) electrons. The molecule has 82 valence electrons. The molecule has 0 saturated heterocycles. The molecule has 1 fully saturated rings. The van der Waals surface area contributed by atoms with E-state index in [0.717, 1.165) is 10.8 Å². The van der Waals surface area contributed by atoms with Crippen molar-refractivity contribution in [2.24, 2.45) is 5.73 Å². The summed E-state index contributed by atoms with van der Waals surface area (Å²) in [4.78, 5) is 0. The lowest BCUT2D eigenvalue weighted by molar-refractivity contribution is 0.629. The first-order valence-electron chi connectivity index (χ1n) is 5.63. The fourth-order valence-electron chi connectivity index (χ4n) is 2.31. The number of benzene rings is 2. The fourth-order valence-corrected chi connectivity index (χ4v) is 2.31. The summed E-state index contributed by atoms with van der Waals surface area (Å²) in [6.07, 6.45) is 2.35. The Morgan fingerprint density at radius 1 is 1.06 bits per heavy atom. The Morgan fingerprint density at radius 3 is 2.44 bits per heavy atom. The van der Waals surface area contributed by atoms with Crippen molar-refractivity contribution in [1.29, 1.82) is 0 Å². The standard InChI is InChI=1S/C14H14FN/c15-13-4-2-10-7-12(3-1-11(10)8-13)14(9-16)5-6-14/h1-4,7-8H,5-6,9,16H2. The molecule has 0 aliphatic heterocycles. The van der Waals surface area contributed by atoms with Crippen molar-refractivity contribution >= 4 is 10.8 Å². The molecule has 3 rings (SSSR count). The molecule has 2 heteroatoms. The molecule has 0 unspecified atom stereocenters. The Morgan fingerprint density at radius 2 is 1.75 bits per heavy atom. The van der Waals surface area contributed by atoms with Crippen molar-refractivity contribution in [1.82, 2.24) is 0 Å². The van der Waals surface area contributed by atoms with Gasteiger partial charge in [-0.1, -0.05) is 24.3 Å². The molecule has 1 nitrogen and oxygen atoms in total. The lowest BCUT2D eigenvalue weighted by Crippen LogP contribution is -2.19. The number of nitrogens with two attached hydrogens (primary N) is 1.